The van der Waals surface area contributed by atoms with Gasteiger partial charge in [-0.25, -0.2) is 4.79 Å². The van der Waals surface area contributed by atoms with Gasteiger partial charge in [-0.3, -0.25) is 4.90 Å². The average molecular weight is 289 g/mol. The van der Waals surface area contributed by atoms with Gasteiger partial charge in [0.15, 0.2) is 0 Å². The van der Waals surface area contributed by atoms with Crippen LogP contribution in [0.5, 0.6) is 0 Å². The molecule has 21 heavy (non-hydrogen) atoms. The van der Waals surface area contributed by atoms with Crippen molar-refractivity contribution in [1.82, 2.24) is 4.90 Å². The van der Waals surface area contributed by atoms with Crippen molar-refractivity contribution < 1.29 is 9.53 Å². The topological polar surface area (TPSA) is 58.8 Å². The fraction of sp³-hybridized carbons (Fsp3) is 0.438. The van der Waals surface area contributed by atoms with Gasteiger partial charge in [0.1, 0.15) is 6.61 Å². The van der Waals surface area contributed by atoms with E-state index in [0.717, 1.165) is 32.7 Å². The highest BCUT2D eigenvalue weighted by Gasteiger charge is 2.16. The predicted octanol–water partition coefficient (Wildman–Crippen LogP) is 1.21. The Morgan fingerprint density at radius 2 is 1.90 bits per heavy atom. The van der Waals surface area contributed by atoms with Crippen molar-refractivity contribution in [3.05, 3.63) is 42.1 Å². The lowest BCUT2D eigenvalue weighted by Gasteiger charge is -2.35. The zero-order chi connectivity index (χ0) is 15.1. The van der Waals surface area contributed by atoms with Crippen LogP contribution < -0.4 is 10.6 Å². The first-order valence-corrected chi connectivity index (χ1v) is 7.28. The number of benzene rings is 1. The summed E-state index contributed by atoms with van der Waals surface area (Å²) in [6.45, 7) is 6.82. The van der Waals surface area contributed by atoms with E-state index in [1.165, 1.54) is 11.8 Å². The van der Waals surface area contributed by atoms with Crippen LogP contribution >= 0.6 is 0 Å². The van der Waals surface area contributed by atoms with Gasteiger partial charge in [0.25, 0.3) is 0 Å². The lowest BCUT2D eigenvalue weighted by atomic mass is 10.2. The fourth-order valence-corrected chi connectivity index (χ4v) is 2.37. The van der Waals surface area contributed by atoms with E-state index in [1.54, 1.807) is 6.92 Å². The third kappa shape index (κ3) is 5.11. The standard InChI is InChI=1S/C16H23N3O2/c1-14(17)13-16(20)21-12-11-18-7-9-19(10-8-18)15-5-3-2-4-6-15/h2-6,13H,7-12,17H2,1H3/b14-13-. The molecule has 5 heteroatoms. The summed E-state index contributed by atoms with van der Waals surface area (Å²) >= 11 is 0. The third-order valence-corrected chi connectivity index (χ3v) is 3.49. The average Bonchev–Trinajstić information content (AvgIpc) is 2.48. The van der Waals surface area contributed by atoms with Crippen LogP contribution in [0.4, 0.5) is 5.69 Å². The molecule has 0 aromatic heterocycles. The van der Waals surface area contributed by atoms with Gasteiger partial charge >= 0.3 is 5.97 Å². The zero-order valence-corrected chi connectivity index (χ0v) is 12.5. The summed E-state index contributed by atoms with van der Waals surface area (Å²) in [6.07, 6.45) is 1.31. The van der Waals surface area contributed by atoms with Crippen LogP contribution in [-0.2, 0) is 9.53 Å². The van der Waals surface area contributed by atoms with E-state index < -0.39 is 0 Å². The number of nitrogens with zero attached hydrogens (tertiary/aromatic N) is 2. The Labute approximate surface area is 126 Å². The first kappa shape index (κ1) is 15.4. The molecule has 1 aromatic carbocycles. The molecule has 1 aliphatic heterocycles. The molecule has 0 bridgehead atoms. The maximum atomic E-state index is 11.3. The molecule has 2 rings (SSSR count). The van der Waals surface area contributed by atoms with E-state index in [2.05, 4.69) is 34.1 Å². The second kappa shape index (κ2) is 7.69. The van der Waals surface area contributed by atoms with Crippen LogP contribution in [-0.4, -0.2) is 50.2 Å². The second-order valence-corrected chi connectivity index (χ2v) is 5.22. The maximum absolute atomic E-state index is 11.3. The van der Waals surface area contributed by atoms with Gasteiger partial charge < -0.3 is 15.4 Å². The lowest BCUT2D eigenvalue weighted by molar-refractivity contribution is -0.138. The van der Waals surface area contributed by atoms with E-state index >= 15 is 0 Å². The van der Waals surface area contributed by atoms with Crippen LogP contribution in [0.15, 0.2) is 42.1 Å². The fourth-order valence-electron chi connectivity index (χ4n) is 2.37. The number of para-hydroxylation sites is 1. The van der Waals surface area contributed by atoms with Crippen molar-refractivity contribution in [1.29, 1.82) is 0 Å². The highest BCUT2D eigenvalue weighted by molar-refractivity contribution is 5.82. The molecule has 0 radical (unpaired) electrons. The molecule has 1 aromatic rings. The lowest BCUT2D eigenvalue weighted by Crippen LogP contribution is -2.47. The van der Waals surface area contributed by atoms with Gasteiger partial charge in [0.05, 0.1) is 0 Å². The Morgan fingerprint density at radius 1 is 1.24 bits per heavy atom. The van der Waals surface area contributed by atoms with Crippen LogP contribution in [0, 0.1) is 0 Å². The number of hydrogen-bond acceptors (Lipinski definition) is 5. The van der Waals surface area contributed by atoms with Crippen molar-refractivity contribution in [3.8, 4) is 0 Å². The van der Waals surface area contributed by atoms with E-state index in [4.69, 9.17) is 10.5 Å². The Balaban J connectivity index is 1.68. The number of rotatable bonds is 5. The number of nitrogens with two attached hydrogens (primary N) is 1. The summed E-state index contributed by atoms with van der Waals surface area (Å²) < 4.78 is 5.12. The van der Waals surface area contributed by atoms with Gasteiger partial charge in [-0.1, -0.05) is 18.2 Å². The van der Waals surface area contributed by atoms with E-state index in [1.807, 2.05) is 6.07 Å². The smallest absolute Gasteiger partial charge is 0.332 e. The Hall–Kier alpha value is -2.01. The van der Waals surface area contributed by atoms with Crippen molar-refractivity contribution in [2.45, 2.75) is 6.92 Å². The molecule has 0 amide bonds. The first-order chi connectivity index (χ1) is 10.1. The van der Waals surface area contributed by atoms with Crippen LogP contribution in [0.25, 0.3) is 0 Å². The van der Waals surface area contributed by atoms with Crippen LogP contribution in [0.2, 0.25) is 0 Å². The van der Waals surface area contributed by atoms with E-state index in [-0.39, 0.29) is 5.97 Å². The van der Waals surface area contributed by atoms with E-state index in [9.17, 15) is 4.79 Å². The van der Waals surface area contributed by atoms with Gasteiger partial charge in [-0.2, -0.15) is 0 Å². The molecule has 1 heterocycles. The number of esters is 1. The summed E-state index contributed by atoms with van der Waals surface area (Å²) in [6, 6.07) is 10.4. The minimum absolute atomic E-state index is 0.363. The largest absolute Gasteiger partial charge is 0.461 e. The quantitative estimate of drug-likeness (QED) is 0.652. The van der Waals surface area contributed by atoms with Crippen molar-refractivity contribution in [3.63, 3.8) is 0 Å². The van der Waals surface area contributed by atoms with Crippen LogP contribution in [0.3, 0.4) is 0 Å². The number of carbonyl (C=O) groups excluding carboxylic acids is 1. The molecule has 2 N–H and O–H groups in total. The summed E-state index contributed by atoms with van der Waals surface area (Å²) in [5, 5.41) is 0. The highest BCUT2D eigenvalue weighted by atomic mass is 16.5. The third-order valence-electron chi connectivity index (χ3n) is 3.49. The first-order valence-electron chi connectivity index (χ1n) is 7.28. The molecule has 1 saturated heterocycles. The number of piperazine rings is 1. The minimum atomic E-state index is -0.363. The number of ether oxygens (including phenoxy) is 1. The van der Waals surface area contributed by atoms with Gasteiger partial charge in [0, 0.05) is 50.2 Å². The molecular formula is C16H23N3O2. The van der Waals surface area contributed by atoms with Crippen molar-refractivity contribution >= 4 is 11.7 Å². The molecule has 1 aliphatic rings. The minimum Gasteiger partial charge on any atom is -0.461 e. The van der Waals surface area contributed by atoms with Gasteiger partial charge in [-0.05, 0) is 19.1 Å². The molecule has 0 aliphatic carbocycles. The van der Waals surface area contributed by atoms with Crippen LogP contribution in [0.1, 0.15) is 6.92 Å². The molecule has 5 nitrogen and oxygen atoms in total. The molecule has 0 atom stereocenters. The predicted molar refractivity (Wildman–Crippen MR) is 84.0 cm³/mol. The molecule has 114 valence electrons. The van der Waals surface area contributed by atoms with E-state index in [0.29, 0.717) is 12.3 Å². The number of hydrogen-bond donors (Lipinski definition) is 1. The molecule has 0 spiro atoms. The summed E-state index contributed by atoms with van der Waals surface area (Å²) in [7, 11) is 0. The number of carbonyl (C=O) groups is 1. The highest BCUT2D eigenvalue weighted by Crippen LogP contribution is 2.15. The second-order valence-electron chi connectivity index (χ2n) is 5.22. The summed E-state index contributed by atoms with van der Waals surface area (Å²) in [5.74, 6) is -0.363. The molecule has 0 unspecified atom stereocenters. The van der Waals surface area contributed by atoms with Crippen molar-refractivity contribution in [2.24, 2.45) is 5.73 Å². The molecule has 1 fully saturated rings. The normalized spacial score (nSPS) is 16.8. The molecule has 0 saturated carbocycles. The number of allylic oxidation sites excluding steroid dienone is 1. The molecular weight excluding hydrogens is 266 g/mol. The number of anilines is 1. The van der Waals surface area contributed by atoms with Gasteiger partial charge in [-0.15, -0.1) is 0 Å². The Kier molecular flexibility index (Phi) is 5.63. The summed E-state index contributed by atoms with van der Waals surface area (Å²) in [4.78, 5) is 16.0. The SMILES string of the molecule is C/C(N)=C/C(=O)OCCN1CCN(c2ccccc2)CC1. The summed E-state index contributed by atoms with van der Waals surface area (Å²) in [5.41, 5.74) is 7.16. The Morgan fingerprint density at radius 3 is 2.52 bits per heavy atom. The monoisotopic (exact) mass is 289 g/mol. The Bertz CT molecular complexity index is 476. The maximum Gasteiger partial charge on any atom is 0.332 e. The van der Waals surface area contributed by atoms with Gasteiger partial charge in [0.2, 0.25) is 0 Å². The zero-order valence-electron chi connectivity index (χ0n) is 12.5. The van der Waals surface area contributed by atoms with Crippen molar-refractivity contribution in [2.75, 3.05) is 44.2 Å².